The number of carboxylic acids is 1. The van der Waals surface area contributed by atoms with E-state index in [2.05, 4.69) is 26.5 Å². The van der Waals surface area contributed by atoms with Crippen molar-refractivity contribution in [2.45, 2.75) is 71.6 Å². The van der Waals surface area contributed by atoms with Crippen LogP contribution in [0.4, 0.5) is 4.39 Å². The van der Waals surface area contributed by atoms with Crippen LogP contribution in [0.1, 0.15) is 74.3 Å². The number of hydrogen-bond acceptors (Lipinski definition) is 5. The zero-order chi connectivity index (χ0) is 27.8. The van der Waals surface area contributed by atoms with Crippen LogP contribution in [0, 0.1) is 11.7 Å². The van der Waals surface area contributed by atoms with Crippen LogP contribution in [-0.4, -0.2) is 38.3 Å². The molecule has 0 aliphatic rings. The zero-order valence-corrected chi connectivity index (χ0v) is 23.4. The summed E-state index contributed by atoms with van der Waals surface area (Å²) in [6.07, 6.45) is 3.04. The first-order chi connectivity index (χ1) is 18.2. The summed E-state index contributed by atoms with van der Waals surface area (Å²) < 4.78 is 23.2. The number of thiol groups is 1. The molecule has 0 unspecified atom stereocenters. The molecule has 0 saturated heterocycles. The molecule has 38 heavy (non-hydrogen) atoms. The number of ketones is 1. The molecule has 3 aromatic rings. The van der Waals surface area contributed by atoms with Gasteiger partial charge in [0.1, 0.15) is 11.6 Å². The van der Waals surface area contributed by atoms with Gasteiger partial charge in [-0.05, 0) is 54.9 Å². The fourth-order valence-corrected chi connectivity index (χ4v) is 5.04. The molecule has 0 aliphatic carbocycles. The first kappa shape index (κ1) is 29.4. The average Bonchev–Trinajstić information content (AvgIpc) is 3.21. The van der Waals surface area contributed by atoms with Crippen LogP contribution in [-0.2, 0) is 24.2 Å². The number of halogens is 1. The van der Waals surface area contributed by atoms with Crippen LogP contribution in [0.25, 0.3) is 11.1 Å². The van der Waals surface area contributed by atoms with E-state index in [9.17, 15) is 14.7 Å². The maximum Gasteiger partial charge on any atom is 0.336 e. The predicted molar refractivity (Wildman–Crippen MR) is 151 cm³/mol. The van der Waals surface area contributed by atoms with Gasteiger partial charge >= 0.3 is 5.97 Å². The number of ether oxygens (including phenoxy) is 1. The Kier molecular flexibility index (Phi) is 10.5. The van der Waals surface area contributed by atoms with Gasteiger partial charge in [-0.3, -0.25) is 9.36 Å². The lowest BCUT2D eigenvalue weighted by molar-refractivity contribution is -0.118. The van der Waals surface area contributed by atoms with Crippen molar-refractivity contribution in [1.82, 2.24) is 9.55 Å². The van der Waals surface area contributed by atoms with Crippen molar-refractivity contribution in [2.75, 3.05) is 6.61 Å². The van der Waals surface area contributed by atoms with E-state index in [1.807, 2.05) is 18.4 Å². The standard InChI is InChI=1S/C30H37FN2O4S/c1-5-15-37-30-32-25(6-2)26(13-14-27(34)28(38)16-19(3)4)33(30)18-20-11-12-22(24(31)17-20)21-9-7-8-10-23(21)29(35)36/h7-12,17,19,28,38H,5-6,13-16,18H2,1-4H3,(H,35,36)/t28-/m0/s1. The van der Waals surface area contributed by atoms with Crippen LogP contribution in [0.2, 0.25) is 0 Å². The third-order valence-electron chi connectivity index (χ3n) is 6.39. The van der Waals surface area contributed by atoms with Crippen molar-refractivity contribution in [3.63, 3.8) is 0 Å². The monoisotopic (exact) mass is 540 g/mol. The molecule has 0 aliphatic heterocycles. The van der Waals surface area contributed by atoms with E-state index >= 15 is 4.39 Å². The maximum atomic E-state index is 15.3. The van der Waals surface area contributed by atoms with Crippen molar-refractivity contribution < 1.29 is 23.8 Å². The first-order valence-corrected chi connectivity index (χ1v) is 13.7. The third-order valence-corrected chi connectivity index (χ3v) is 6.89. The number of carbonyl (C=O) groups is 2. The summed E-state index contributed by atoms with van der Waals surface area (Å²) >= 11 is 4.51. The van der Waals surface area contributed by atoms with E-state index in [4.69, 9.17) is 9.72 Å². The Bertz CT molecular complexity index is 1270. The number of imidazole rings is 1. The minimum Gasteiger partial charge on any atom is -0.478 e. The van der Waals surface area contributed by atoms with Gasteiger partial charge in [0, 0.05) is 17.7 Å². The van der Waals surface area contributed by atoms with E-state index in [1.165, 1.54) is 12.1 Å². The summed E-state index contributed by atoms with van der Waals surface area (Å²) in [4.78, 5) is 29.1. The largest absolute Gasteiger partial charge is 0.478 e. The van der Waals surface area contributed by atoms with Gasteiger partial charge < -0.3 is 9.84 Å². The minimum atomic E-state index is -1.11. The van der Waals surface area contributed by atoms with Gasteiger partial charge in [0.25, 0.3) is 6.01 Å². The number of carboxylic acid groups (broad SMARTS) is 1. The van der Waals surface area contributed by atoms with E-state index in [1.54, 1.807) is 30.3 Å². The normalized spacial score (nSPS) is 12.1. The van der Waals surface area contributed by atoms with Gasteiger partial charge in [-0.1, -0.05) is 58.0 Å². The van der Waals surface area contributed by atoms with Crippen LogP contribution in [0.5, 0.6) is 6.01 Å². The lowest BCUT2D eigenvalue weighted by atomic mass is 9.98. The Morgan fingerprint density at radius 1 is 1.13 bits per heavy atom. The molecule has 1 aromatic heterocycles. The molecule has 8 heteroatoms. The molecule has 0 radical (unpaired) electrons. The number of aromatic nitrogens is 2. The molecule has 0 bridgehead atoms. The van der Waals surface area contributed by atoms with Crippen molar-refractivity contribution >= 4 is 24.4 Å². The molecule has 1 atom stereocenters. The molecule has 0 fully saturated rings. The summed E-state index contributed by atoms with van der Waals surface area (Å²) in [5.74, 6) is -1.14. The summed E-state index contributed by atoms with van der Waals surface area (Å²) in [5, 5.41) is 9.21. The van der Waals surface area contributed by atoms with Gasteiger partial charge in [-0.15, -0.1) is 0 Å². The average molecular weight is 541 g/mol. The van der Waals surface area contributed by atoms with E-state index in [-0.39, 0.29) is 22.2 Å². The highest BCUT2D eigenvalue weighted by Gasteiger charge is 2.22. The zero-order valence-electron chi connectivity index (χ0n) is 22.5. The summed E-state index contributed by atoms with van der Waals surface area (Å²) in [6.45, 7) is 8.97. The fraction of sp³-hybridized carbons (Fsp3) is 0.433. The SMILES string of the molecule is CCCOc1nc(CC)c(CCC(=O)[C@@H](S)CC(C)C)n1Cc1ccc(-c2ccccc2C(=O)O)c(F)c1. The highest BCUT2D eigenvalue weighted by Crippen LogP contribution is 2.29. The van der Waals surface area contributed by atoms with Crippen molar-refractivity contribution in [3.05, 3.63) is 70.8 Å². The Labute approximate surface area is 229 Å². The quantitative estimate of drug-likeness (QED) is 0.224. The molecule has 3 rings (SSSR count). The number of Topliss-reactive ketones (excluding diaryl/α,β-unsaturated/α-hetero) is 1. The number of carbonyl (C=O) groups excluding carboxylic acids is 1. The Balaban J connectivity index is 1.93. The highest BCUT2D eigenvalue weighted by atomic mass is 32.1. The Hall–Kier alpha value is -3.13. The Morgan fingerprint density at radius 2 is 1.87 bits per heavy atom. The van der Waals surface area contributed by atoms with Crippen LogP contribution < -0.4 is 4.74 Å². The third kappa shape index (κ3) is 7.25. The van der Waals surface area contributed by atoms with Crippen LogP contribution >= 0.6 is 12.6 Å². The van der Waals surface area contributed by atoms with Crippen molar-refractivity contribution in [3.8, 4) is 17.1 Å². The smallest absolute Gasteiger partial charge is 0.336 e. The van der Waals surface area contributed by atoms with Gasteiger partial charge in [0.15, 0.2) is 0 Å². The van der Waals surface area contributed by atoms with Gasteiger partial charge in [0.05, 0.1) is 29.7 Å². The molecular weight excluding hydrogens is 503 g/mol. The molecular formula is C30H37FN2O4S. The van der Waals surface area contributed by atoms with Crippen LogP contribution in [0.3, 0.4) is 0 Å². The van der Waals surface area contributed by atoms with E-state index < -0.39 is 11.8 Å². The number of benzene rings is 2. The number of hydrogen-bond donors (Lipinski definition) is 2. The van der Waals surface area contributed by atoms with Gasteiger partial charge in [0.2, 0.25) is 0 Å². The second-order valence-corrected chi connectivity index (χ2v) is 10.5. The first-order valence-electron chi connectivity index (χ1n) is 13.2. The van der Waals surface area contributed by atoms with Crippen LogP contribution in [0.15, 0.2) is 42.5 Å². The molecule has 2 aromatic carbocycles. The number of rotatable bonds is 14. The lowest BCUT2D eigenvalue weighted by Crippen LogP contribution is -2.18. The Morgan fingerprint density at radius 3 is 2.50 bits per heavy atom. The second kappa shape index (κ2) is 13.6. The lowest BCUT2D eigenvalue weighted by Gasteiger charge is -2.15. The topological polar surface area (TPSA) is 81.4 Å². The molecule has 0 spiro atoms. The van der Waals surface area contributed by atoms with Crippen molar-refractivity contribution in [2.24, 2.45) is 5.92 Å². The van der Waals surface area contributed by atoms with E-state index in [0.29, 0.717) is 55.5 Å². The number of nitrogens with zero attached hydrogens (tertiary/aromatic N) is 2. The summed E-state index contributed by atoms with van der Waals surface area (Å²) in [5.41, 5.74) is 3.04. The molecule has 0 saturated carbocycles. The molecule has 1 heterocycles. The molecule has 204 valence electrons. The minimum absolute atomic E-state index is 0.0449. The molecule has 0 amide bonds. The maximum absolute atomic E-state index is 15.3. The van der Waals surface area contributed by atoms with Gasteiger partial charge in [-0.25, -0.2) is 14.2 Å². The molecule has 1 N–H and O–H groups in total. The van der Waals surface area contributed by atoms with Gasteiger partial charge in [-0.2, -0.15) is 12.6 Å². The van der Waals surface area contributed by atoms with E-state index in [0.717, 1.165) is 24.2 Å². The number of aromatic carboxylic acids is 1. The second-order valence-electron chi connectivity index (χ2n) is 9.85. The van der Waals surface area contributed by atoms with Crippen molar-refractivity contribution in [1.29, 1.82) is 0 Å². The fourth-order valence-electron chi connectivity index (χ4n) is 4.49. The predicted octanol–water partition coefficient (Wildman–Crippen LogP) is 6.63. The summed E-state index contributed by atoms with van der Waals surface area (Å²) in [7, 11) is 0. The summed E-state index contributed by atoms with van der Waals surface area (Å²) in [6, 6.07) is 11.6. The number of aryl methyl sites for hydroxylation is 1. The molecule has 6 nitrogen and oxygen atoms in total. The highest BCUT2D eigenvalue weighted by molar-refractivity contribution is 7.81.